The lowest BCUT2D eigenvalue weighted by Gasteiger charge is -2.12. The van der Waals surface area contributed by atoms with Gasteiger partial charge in [0, 0.05) is 12.0 Å². The number of carbonyl (C=O) groups is 1. The van der Waals surface area contributed by atoms with Crippen molar-refractivity contribution in [2.24, 2.45) is 5.10 Å². The summed E-state index contributed by atoms with van der Waals surface area (Å²) in [5, 5.41) is 11.5. The van der Waals surface area contributed by atoms with Gasteiger partial charge in [-0.25, -0.2) is 5.43 Å². The van der Waals surface area contributed by atoms with E-state index < -0.39 is 0 Å². The van der Waals surface area contributed by atoms with Gasteiger partial charge in [0.15, 0.2) is 0 Å². The molecule has 0 bridgehead atoms. The van der Waals surface area contributed by atoms with Gasteiger partial charge < -0.3 is 0 Å². The van der Waals surface area contributed by atoms with Crippen LogP contribution in [0.2, 0.25) is 0 Å². The minimum Gasteiger partial charge on any atom is -0.273 e. The molecule has 3 heteroatoms. The minimum absolute atomic E-state index is 0.0843. The second-order valence-corrected chi connectivity index (χ2v) is 5.66. The molecule has 0 unspecified atom stereocenters. The Bertz CT molecular complexity index is 1030. The maximum atomic E-state index is 11.3. The van der Waals surface area contributed by atoms with Crippen molar-refractivity contribution >= 4 is 44.4 Å². The van der Waals surface area contributed by atoms with Crippen LogP contribution in [0.3, 0.4) is 0 Å². The fourth-order valence-electron chi connectivity index (χ4n) is 3.12. The minimum atomic E-state index is -0.0843. The van der Waals surface area contributed by atoms with Gasteiger partial charge in [-0.2, -0.15) is 5.10 Å². The molecular formula is C20H16N2O. The first-order valence-corrected chi connectivity index (χ1v) is 7.76. The summed E-state index contributed by atoms with van der Waals surface area (Å²) in [6.07, 6.45) is 2.15. The molecule has 23 heavy (non-hydrogen) atoms. The van der Waals surface area contributed by atoms with E-state index >= 15 is 0 Å². The number of nitrogens with zero attached hydrogens (tertiary/aromatic N) is 1. The van der Waals surface area contributed by atoms with Crippen molar-refractivity contribution in [2.45, 2.75) is 13.3 Å². The molecule has 0 saturated carbocycles. The number of amides is 1. The number of hydrogen-bond acceptors (Lipinski definition) is 2. The van der Waals surface area contributed by atoms with Crippen LogP contribution in [-0.4, -0.2) is 12.1 Å². The van der Waals surface area contributed by atoms with Crippen molar-refractivity contribution in [2.75, 3.05) is 0 Å². The van der Waals surface area contributed by atoms with Crippen LogP contribution in [0, 0.1) is 0 Å². The van der Waals surface area contributed by atoms with Gasteiger partial charge in [0.05, 0.1) is 6.21 Å². The van der Waals surface area contributed by atoms with Crippen molar-refractivity contribution in [1.82, 2.24) is 5.43 Å². The Morgan fingerprint density at radius 1 is 0.957 bits per heavy atom. The smallest absolute Gasteiger partial charge is 0.239 e. The summed E-state index contributed by atoms with van der Waals surface area (Å²) in [5.74, 6) is -0.0843. The van der Waals surface area contributed by atoms with Crippen molar-refractivity contribution < 1.29 is 4.79 Å². The summed E-state index contributed by atoms with van der Waals surface area (Å²) in [5.41, 5.74) is 3.55. The zero-order valence-electron chi connectivity index (χ0n) is 12.8. The Balaban J connectivity index is 1.94. The van der Waals surface area contributed by atoms with Crippen LogP contribution in [0.4, 0.5) is 0 Å². The Morgan fingerprint density at radius 2 is 1.61 bits per heavy atom. The SMILES string of the molecule is CCC(=O)N/N=C/c1ccc2ccc3cccc4ccc1c2c34. The van der Waals surface area contributed by atoms with Crippen LogP contribution < -0.4 is 5.43 Å². The van der Waals surface area contributed by atoms with E-state index in [0.717, 1.165) is 10.9 Å². The molecule has 0 saturated heterocycles. The van der Waals surface area contributed by atoms with Crippen molar-refractivity contribution in [1.29, 1.82) is 0 Å². The zero-order chi connectivity index (χ0) is 15.8. The molecule has 4 aromatic rings. The second kappa shape index (κ2) is 5.36. The molecule has 0 aliphatic heterocycles. The van der Waals surface area contributed by atoms with Gasteiger partial charge in [-0.05, 0) is 32.3 Å². The highest BCUT2D eigenvalue weighted by Gasteiger charge is 2.09. The van der Waals surface area contributed by atoms with Gasteiger partial charge in [0.2, 0.25) is 5.91 Å². The van der Waals surface area contributed by atoms with E-state index in [-0.39, 0.29) is 5.91 Å². The normalized spacial score (nSPS) is 11.9. The first-order chi connectivity index (χ1) is 11.3. The average Bonchev–Trinajstić information content (AvgIpc) is 2.60. The van der Waals surface area contributed by atoms with E-state index in [1.807, 2.05) is 6.07 Å². The molecule has 0 heterocycles. The van der Waals surface area contributed by atoms with Gasteiger partial charge in [0.1, 0.15) is 0 Å². The second-order valence-electron chi connectivity index (χ2n) is 5.66. The summed E-state index contributed by atoms with van der Waals surface area (Å²) in [6, 6.07) is 19.1. The fourth-order valence-corrected chi connectivity index (χ4v) is 3.12. The van der Waals surface area contributed by atoms with Crippen molar-refractivity contribution in [3.8, 4) is 0 Å². The van der Waals surface area contributed by atoms with Crippen LogP contribution in [0.25, 0.3) is 32.3 Å². The first-order valence-electron chi connectivity index (χ1n) is 7.76. The maximum absolute atomic E-state index is 11.3. The van der Waals surface area contributed by atoms with E-state index in [1.165, 1.54) is 26.9 Å². The number of benzene rings is 4. The van der Waals surface area contributed by atoms with Crippen LogP contribution in [0.1, 0.15) is 18.9 Å². The molecule has 1 N–H and O–H groups in total. The highest BCUT2D eigenvalue weighted by molar-refractivity contribution is 6.25. The lowest BCUT2D eigenvalue weighted by Crippen LogP contribution is -2.15. The molecule has 0 radical (unpaired) electrons. The van der Waals surface area contributed by atoms with Gasteiger partial charge in [-0.3, -0.25) is 4.79 Å². The number of hydrogen-bond donors (Lipinski definition) is 1. The molecule has 0 atom stereocenters. The highest BCUT2D eigenvalue weighted by atomic mass is 16.2. The van der Waals surface area contributed by atoms with Gasteiger partial charge in [0.25, 0.3) is 0 Å². The number of carbonyl (C=O) groups excluding carboxylic acids is 1. The standard InChI is InChI=1S/C20H16N2O/c1-2-18(23)22-21-12-16-9-8-15-7-6-13-4-3-5-14-10-11-17(16)20(15)19(13)14/h3-12H,2H2,1H3,(H,22,23)/b21-12+. The summed E-state index contributed by atoms with van der Waals surface area (Å²) in [7, 11) is 0. The summed E-state index contributed by atoms with van der Waals surface area (Å²) in [4.78, 5) is 11.3. The third-order valence-electron chi connectivity index (χ3n) is 4.28. The van der Waals surface area contributed by atoms with Gasteiger partial charge >= 0.3 is 0 Å². The molecule has 1 amide bonds. The largest absolute Gasteiger partial charge is 0.273 e. The van der Waals surface area contributed by atoms with Gasteiger partial charge in [-0.1, -0.05) is 61.5 Å². The zero-order valence-corrected chi connectivity index (χ0v) is 12.8. The molecule has 112 valence electrons. The molecule has 0 aliphatic rings. The highest BCUT2D eigenvalue weighted by Crippen LogP contribution is 2.35. The van der Waals surface area contributed by atoms with Crippen LogP contribution >= 0.6 is 0 Å². The Morgan fingerprint density at radius 3 is 2.35 bits per heavy atom. The molecular weight excluding hydrogens is 284 g/mol. The Hall–Kier alpha value is -2.94. The lowest BCUT2D eigenvalue weighted by atomic mass is 9.92. The Kier molecular flexibility index (Phi) is 3.19. The summed E-state index contributed by atoms with van der Waals surface area (Å²) in [6.45, 7) is 1.81. The van der Waals surface area contributed by atoms with Crippen LogP contribution in [-0.2, 0) is 4.79 Å². The van der Waals surface area contributed by atoms with E-state index in [9.17, 15) is 4.79 Å². The quantitative estimate of drug-likeness (QED) is 0.339. The predicted molar refractivity (Wildman–Crippen MR) is 96.2 cm³/mol. The summed E-state index contributed by atoms with van der Waals surface area (Å²) >= 11 is 0. The molecule has 4 rings (SSSR count). The fraction of sp³-hybridized carbons (Fsp3) is 0.100. The number of nitrogens with one attached hydrogen (secondary N) is 1. The molecule has 0 spiro atoms. The van der Waals surface area contributed by atoms with E-state index in [1.54, 1.807) is 13.1 Å². The monoisotopic (exact) mass is 300 g/mol. The van der Waals surface area contributed by atoms with Gasteiger partial charge in [-0.15, -0.1) is 0 Å². The molecule has 3 nitrogen and oxygen atoms in total. The Labute approximate surface area is 133 Å². The van der Waals surface area contributed by atoms with E-state index in [2.05, 4.69) is 59.1 Å². The third kappa shape index (κ3) is 2.21. The third-order valence-corrected chi connectivity index (χ3v) is 4.28. The molecule has 0 aromatic heterocycles. The average molecular weight is 300 g/mol. The summed E-state index contributed by atoms with van der Waals surface area (Å²) < 4.78 is 0. The van der Waals surface area contributed by atoms with E-state index in [4.69, 9.17) is 0 Å². The maximum Gasteiger partial charge on any atom is 0.239 e. The predicted octanol–water partition coefficient (Wildman–Crippen LogP) is 4.44. The number of rotatable bonds is 3. The van der Waals surface area contributed by atoms with E-state index in [0.29, 0.717) is 6.42 Å². The molecule has 0 aliphatic carbocycles. The van der Waals surface area contributed by atoms with Crippen LogP contribution in [0.5, 0.6) is 0 Å². The molecule has 0 fully saturated rings. The number of hydrazone groups is 1. The van der Waals surface area contributed by atoms with Crippen molar-refractivity contribution in [3.63, 3.8) is 0 Å². The lowest BCUT2D eigenvalue weighted by molar-refractivity contribution is -0.120. The topological polar surface area (TPSA) is 41.5 Å². The molecule has 4 aromatic carbocycles. The van der Waals surface area contributed by atoms with Crippen molar-refractivity contribution in [3.05, 3.63) is 60.2 Å². The first kappa shape index (κ1) is 13.7. The van der Waals surface area contributed by atoms with Crippen LogP contribution in [0.15, 0.2) is 59.7 Å².